The fraction of sp³-hybridized carbons (Fsp3) is 0.250. The van der Waals surface area contributed by atoms with Gasteiger partial charge in [0.25, 0.3) is 5.91 Å². The first-order chi connectivity index (χ1) is 12.2. The first kappa shape index (κ1) is 17.3. The summed E-state index contributed by atoms with van der Waals surface area (Å²) >= 11 is 1.46. The van der Waals surface area contributed by atoms with E-state index in [2.05, 4.69) is 41.5 Å². The summed E-state index contributed by atoms with van der Waals surface area (Å²) in [7, 11) is 0. The third-order valence-electron chi connectivity index (χ3n) is 4.25. The number of nitrogens with zero attached hydrogens (tertiary/aromatic N) is 2. The van der Waals surface area contributed by atoms with Crippen molar-refractivity contribution in [3.8, 4) is 11.1 Å². The van der Waals surface area contributed by atoms with Gasteiger partial charge in [-0.25, -0.2) is 0 Å². The normalized spacial score (nSPS) is 10.8. The number of carbonyl (C=O) groups is 1. The Morgan fingerprint density at radius 2 is 1.60 bits per heavy atom. The number of hydrogen-bond donors (Lipinski definition) is 1. The van der Waals surface area contributed by atoms with Crippen molar-refractivity contribution >= 4 is 22.4 Å². The molecule has 0 bridgehead atoms. The lowest BCUT2D eigenvalue weighted by Gasteiger charge is -2.06. The maximum Gasteiger partial charge on any atom is 0.257 e. The van der Waals surface area contributed by atoms with E-state index in [1.807, 2.05) is 42.5 Å². The van der Waals surface area contributed by atoms with Gasteiger partial charge in [-0.2, -0.15) is 0 Å². The Morgan fingerprint density at radius 1 is 0.960 bits per heavy atom. The van der Waals surface area contributed by atoms with Gasteiger partial charge in [-0.3, -0.25) is 10.1 Å². The third-order valence-corrected chi connectivity index (χ3v) is 5.25. The van der Waals surface area contributed by atoms with Gasteiger partial charge < -0.3 is 0 Å². The van der Waals surface area contributed by atoms with Crippen molar-refractivity contribution in [1.82, 2.24) is 10.2 Å². The molecule has 0 spiro atoms. The van der Waals surface area contributed by atoms with Gasteiger partial charge in [-0.05, 0) is 36.1 Å². The molecule has 4 nitrogen and oxygen atoms in total. The first-order valence-corrected chi connectivity index (χ1v) is 9.33. The summed E-state index contributed by atoms with van der Waals surface area (Å²) in [5.41, 5.74) is 2.83. The van der Waals surface area contributed by atoms with Crippen LogP contribution in [0.15, 0.2) is 54.6 Å². The molecule has 0 saturated heterocycles. The Bertz CT molecular complexity index is 824. The SMILES string of the molecule is CCC(CC)c1nnc(NC(=O)c2ccc(-c3ccccc3)cc2)s1. The maximum atomic E-state index is 12.4. The number of anilines is 1. The summed E-state index contributed by atoms with van der Waals surface area (Å²) in [6, 6.07) is 17.7. The van der Waals surface area contributed by atoms with E-state index in [9.17, 15) is 4.79 Å². The smallest absolute Gasteiger partial charge is 0.257 e. The highest BCUT2D eigenvalue weighted by molar-refractivity contribution is 7.15. The molecule has 2 aromatic carbocycles. The van der Waals surface area contributed by atoms with E-state index in [1.165, 1.54) is 11.3 Å². The van der Waals surface area contributed by atoms with E-state index < -0.39 is 0 Å². The topological polar surface area (TPSA) is 54.9 Å². The van der Waals surface area contributed by atoms with Crippen LogP contribution in [0.2, 0.25) is 0 Å². The van der Waals surface area contributed by atoms with Crippen molar-refractivity contribution in [2.24, 2.45) is 0 Å². The molecule has 1 aromatic heterocycles. The van der Waals surface area contributed by atoms with Crippen LogP contribution in [0.1, 0.15) is 48.0 Å². The molecule has 0 saturated carbocycles. The number of carbonyl (C=O) groups excluding carboxylic acids is 1. The van der Waals surface area contributed by atoms with Gasteiger partial charge in [0.15, 0.2) is 0 Å². The van der Waals surface area contributed by atoms with E-state index in [-0.39, 0.29) is 5.91 Å². The van der Waals surface area contributed by atoms with Crippen molar-refractivity contribution in [2.75, 3.05) is 5.32 Å². The number of amides is 1. The van der Waals surface area contributed by atoms with Gasteiger partial charge >= 0.3 is 0 Å². The largest absolute Gasteiger partial charge is 0.296 e. The Hall–Kier alpha value is -2.53. The van der Waals surface area contributed by atoms with Gasteiger partial charge in [0.1, 0.15) is 5.01 Å². The monoisotopic (exact) mass is 351 g/mol. The van der Waals surface area contributed by atoms with Crippen LogP contribution in [-0.2, 0) is 0 Å². The number of rotatable bonds is 6. The molecule has 1 amide bonds. The minimum absolute atomic E-state index is 0.160. The third kappa shape index (κ3) is 4.12. The summed E-state index contributed by atoms with van der Waals surface area (Å²) in [6.07, 6.45) is 2.06. The molecule has 5 heteroatoms. The summed E-state index contributed by atoms with van der Waals surface area (Å²) < 4.78 is 0. The average Bonchev–Trinajstić information content (AvgIpc) is 3.12. The van der Waals surface area contributed by atoms with Crippen molar-refractivity contribution in [2.45, 2.75) is 32.6 Å². The zero-order valence-electron chi connectivity index (χ0n) is 14.4. The van der Waals surface area contributed by atoms with Gasteiger partial charge in [0.05, 0.1) is 0 Å². The van der Waals surface area contributed by atoms with E-state index in [0.29, 0.717) is 16.6 Å². The molecule has 1 heterocycles. The molecule has 0 fully saturated rings. The van der Waals surface area contributed by atoms with Gasteiger partial charge in [0.2, 0.25) is 5.13 Å². The van der Waals surface area contributed by atoms with Crippen molar-refractivity contribution in [3.63, 3.8) is 0 Å². The van der Waals surface area contributed by atoms with Crippen LogP contribution < -0.4 is 5.32 Å². The summed E-state index contributed by atoms with van der Waals surface area (Å²) in [6.45, 7) is 4.28. The van der Waals surface area contributed by atoms with Gasteiger partial charge in [-0.1, -0.05) is 67.6 Å². The standard InChI is InChI=1S/C20H21N3OS/c1-3-14(4-2)19-22-23-20(25-19)21-18(24)17-12-10-16(11-13-17)15-8-6-5-7-9-15/h5-14H,3-4H2,1-2H3,(H,21,23,24). The van der Waals surface area contributed by atoms with E-state index >= 15 is 0 Å². The first-order valence-electron chi connectivity index (χ1n) is 8.51. The van der Waals surface area contributed by atoms with Crippen LogP contribution in [0, 0.1) is 0 Å². The van der Waals surface area contributed by atoms with Crippen molar-refractivity contribution in [3.05, 3.63) is 65.2 Å². The molecule has 0 radical (unpaired) electrons. The van der Waals surface area contributed by atoms with Crippen LogP contribution in [0.4, 0.5) is 5.13 Å². The molecule has 0 aliphatic rings. The van der Waals surface area contributed by atoms with Crippen LogP contribution in [0.5, 0.6) is 0 Å². The summed E-state index contributed by atoms with van der Waals surface area (Å²) in [5, 5.41) is 12.7. The molecular weight excluding hydrogens is 330 g/mol. The Morgan fingerprint density at radius 3 is 2.24 bits per heavy atom. The Kier molecular flexibility index (Phi) is 5.56. The number of hydrogen-bond acceptors (Lipinski definition) is 4. The van der Waals surface area contributed by atoms with Crippen LogP contribution >= 0.6 is 11.3 Å². The van der Waals surface area contributed by atoms with E-state index in [0.717, 1.165) is 29.0 Å². The molecule has 0 unspecified atom stereocenters. The highest BCUT2D eigenvalue weighted by Crippen LogP contribution is 2.28. The Labute approximate surface area is 151 Å². The lowest BCUT2D eigenvalue weighted by Crippen LogP contribution is -2.11. The summed E-state index contributed by atoms with van der Waals surface area (Å²) in [5.74, 6) is 0.250. The predicted octanol–water partition coefficient (Wildman–Crippen LogP) is 5.36. The molecule has 0 aliphatic heterocycles. The molecule has 0 atom stereocenters. The van der Waals surface area contributed by atoms with E-state index in [4.69, 9.17) is 0 Å². The Balaban J connectivity index is 1.69. The quantitative estimate of drug-likeness (QED) is 0.650. The van der Waals surface area contributed by atoms with Gasteiger partial charge in [-0.15, -0.1) is 10.2 Å². The average molecular weight is 351 g/mol. The minimum atomic E-state index is -0.160. The molecule has 3 aromatic rings. The molecule has 0 aliphatic carbocycles. The molecule has 3 rings (SSSR count). The lowest BCUT2D eigenvalue weighted by molar-refractivity contribution is 0.102. The predicted molar refractivity (Wildman–Crippen MR) is 103 cm³/mol. The second-order valence-electron chi connectivity index (χ2n) is 5.86. The second-order valence-corrected chi connectivity index (χ2v) is 6.87. The number of aromatic nitrogens is 2. The maximum absolute atomic E-state index is 12.4. The van der Waals surface area contributed by atoms with Crippen molar-refractivity contribution in [1.29, 1.82) is 0 Å². The van der Waals surface area contributed by atoms with Crippen LogP contribution in [0.3, 0.4) is 0 Å². The number of benzene rings is 2. The molecule has 128 valence electrons. The second kappa shape index (κ2) is 8.03. The fourth-order valence-corrected chi connectivity index (χ4v) is 3.71. The zero-order chi connectivity index (χ0) is 17.6. The summed E-state index contributed by atoms with van der Waals surface area (Å²) in [4.78, 5) is 12.4. The minimum Gasteiger partial charge on any atom is -0.296 e. The van der Waals surface area contributed by atoms with E-state index in [1.54, 1.807) is 0 Å². The highest BCUT2D eigenvalue weighted by Gasteiger charge is 2.15. The van der Waals surface area contributed by atoms with Crippen LogP contribution in [0.25, 0.3) is 11.1 Å². The molecule has 25 heavy (non-hydrogen) atoms. The zero-order valence-corrected chi connectivity index (χ0v) is 15.2. The highest BCUT2D eigenvalue weighted by atomic mass is 32.1. The van der Waals surface area contributed by atoms with Crippen molar-refractivity contribution < 1.29 is 4.79 Å². The lowest BCUT2D eigenvalue weighted by atomic mass is 10.0. The molecule has 1 N–H and O–H groups in total. The van der Waals surface area contributed by atoms with Crippen LogP contribution in [-0.4, -0.2) is 16.1 Å². The number of nitrogens with one attached hydrogen (secondary N) is 1. The van der Waals surface area contributed by atoms with Gasteiger partial charge in [0, 0.05) is 11.5 Å². The molecular formula is C20H21N3OS. The fourth-order valence-electron chi connectivity index (χ4n) is 2.70.